The number of halogens is 2. The zero-order valence-corrected chi connectivity index (χ0v) is 11.1. The molecule has 0 radical (unpaired) electrons. The highest BCUT2D eigenvalue weighted by atomic mass is 79.9. The van der Waals surface area contributed by atoms with E-state index in [4.69, 9.17) is 11.6 Å². The SMILES string of the molecule is CC(C)C(Cl)=Nc1ccc([N+](=O)[O-])c(Br)c1. The number of nitrogens with zero attached hydrogens (tertiary/aromatic N) is 2. The lowest BCUT2D eigenvalue weighted by Crippen LogP contribution is -1.97. The fourth-order valence-corrected chi connectivity index (χ4v) is 1.57. The molecule has 1 aromatic carbocycles. The molecule has 0 bridgehead atoms. The first kappa shape index (κ1) is 13.1. The van der Waals surface area contributed by atoms with Crippen molar-refractivity contribution in [3.05, 3.63) is 32.8 Å². The standard InChI is InChI=1S/C10H10BrClN2O2/c1-6(2)10(12)13-7-3-4-9(14(15)16)8(11)5-7/h3-6H,1-2H3. The average Bonchev–Trinajstić information content (AvgIpc) is 2.16. The average molecular weight is 306 g/mol. The van der Waals surface area contributed by atoms with Crippen LogP contribution in [0.4, 0.5) is 11.4 Å². The molecule has 0 saturated carbocycles. The number of nitro benzene ring substituents is 1. The molecule has 0 atom stereocenters. The normalized spacial score (nSPS) is 11.9. The van der Waals surface area contributed by atoms with Gasteiger partial charge < -0.3 is 0 Å². The molecule has 0 fully saturated rings. The maximum Gasteiger partial charge on any atom is 0.283 e. The third kappa shape index (κ3) is 3.28. The molecule has 0 saturated heterocycles. The molecule has 0 unspecified atom stereocenters. The van der Waals surface area contributed by atoms with Gasteiger partial charge in [-0.05, 0) is 28.1 Å². The molecule has 0 N–H and O–H groups in total. The van der Waals surface area contributed by atoms with E-state index in [1.165, 1.54) is 6.07 Å². The van der Waals surface area contributed by atoms with E-state index in [1.807, 2.05) is 13.8 Å². The maximum absolute atomic E-state index is 10.6. The van der Waals surface area contributed by atoms with E-state index in [0.717, 1.165) is 0 Å². The van der Waals surface area contributed by atoms with E-state index >= 15 is 0 Å². The second-order valence-corrected chi connectivity index (χ2v) is 4.72. The number of hydrogen-bond donors (Lipinski definition) is 0. The summed E-state index contributed by atoms with van der Waals surface area (Å²) in [5.41, 5.74) is 0.607. The zero-order chi connectivity index (χ0) is 12.3. The van der Waals surface area contributed by atoms with Gasteiger partial charge in [-0.3, -0.25) is 10.1 Å². The quantitative estimate of drug-likeness (QED) is 0.475. The Hall–Kier alpha value is -0.940. The Morgan fingerprint density at radius 1 is 1.56 bits per heavy atom. The summed E-state index contributed by atoms with van der Waals surface area (Å²) >= 11 is 9.03. The van der Waals surface area contributed by atoms with E-state index < -0.39 is 4.92 Å². The van der Waals surface area contributed by atoms with Crippen molar-refractivity contribution < 1.29 is 4.92 Å². The van der Waals surface area contributed by atoms with E-state index in [-0.39, 0.29) is 11.6 Å². The fraction of sp³-hybridized carbons (Fsp3) is 0.300. The van der Waals surface area contributed by atoms with Crippen LogP contribution in [-0.2, 0) is 0 Å². The lowest BCUT2D eigenvalue weighted by molar-refractivity contribution is -0.385. The van der Waals surface area contributed by atoms with E-state index in [2.05, 4.69) is 20.9 Å². The van der Waals surface area contributed by atoms with Crippen molar-refractivity contribution in [1.82, 2.24) is 0 Å². The third-order valence-electron chi connectivity index (χ3n) is 1.84. The topological polar surface area (TPSA) is 55.5 Å². The Labute approximate surface area is 107 Å². The van der Waals surface area contributed by atoms with Crippen LogP contribution in [0.2, 0.25) is 0 Å². The Bertz CT molecular complexity index is 446. The largest absolute Gasteiger partial charge is 0.283 e. The van der Waals surface area contributed by atoms with Crippen LogP contribution >= 0.6 is 27.5 Å². The molecule has 1 aromatic rings. The second-order valence-electron chi connectivity index (χ2n) is 3.48. The molecule has 0 aliphatic heterocycles. The summed E-state index contributed by atoms with van der Waals surface area (Å²) in [5.74, 6) is 0.135. The summed E-state index contributed by atoms with van der Waals surface area (Å²) in [5, 5.41) is 11.1. The lowest BCUT2D eigenvalue weighted by Gasteiger charge is -2.02. The number of aliphatic imine (C=N–C) groups is 1. The highest BCUT2D eigenvalue weighted by Gasteiger charge is 2.11. The van der Waals surface area contributed by atoms with Gasteiger partial charge in [-0.2, -0.15) is 0 Å². The number of benzene rings is 1. The van der Waals surface area contributed by atoms with Crippen LogP contribution in [0.5, 0.6) is 0 Å². The first-order chi connectivity index (χ1) is 7.41. The van der Waals surface area contributed by atoms with Crippen LogP contribution in [0, 0.1) is 16.0 Å². The van der Waals surface area contributed by atoms with E-state index in [1.54, 1.807) is 12.1 Å². The minimum absolute atomic E-state index is 0.0135. The second kappa shape index (κ2) is 5.41. The summed E-state index contributed by atoms with van der Waals surface area (Å²) in [4.78, 5) is 14.3. The van der Waals surface area contributed by atoms with Gasteiger partial charge >= 0.3 is 0 Å². The monoisotopic (exact) mass is 304 g/mol. The van der Waals surface area contributed by atoms with Gasteiger partial charge in [0.1, 0.15) is 5.17 Å². The molecule has 0 amide bonds. The Kier molecular flexibility index (Phi) is 4.44. The van der Waals surface area contributed by atoms with E-state index in [0.29, 0.717) is 15.3 Å². The van der Waals surface area contributed by atoms with E-state index in [9.17, 15) is 10.1 Å². The van der Waals surface area contributed by atoms with Crippen LogP contribution < -0.4 is 0 Å². The number of nitro groups is 1. The summed E-state index contributed by atoms with van der Waals surface area (Å²) in [6, 6.07) is 4.53. The van der Waals surface area contributed by atoms with Gasteiger partial charge in [0.2, 0.25) is 0 Å². The van der Waals surface area contributed by atoms with Gasteiger partial charge in [-0.25, -0.2) is 4.99 Å². The molecule has 86 valence electrons. The van der Waals surface area contributed by atoms with Crippen molar-refractivity contribution >= 4 is 44.1 Å². The van der Waals surface area contributed by atoms with Gasteiger partial charge in [-0.1, -0.05) is 25.4 Å². The zero-order valence-electron chi connectivity index (χ0n) is 8.78. The van der Waals surface area contributed by atoms with Crippen LogP contribution in [-0.4, -0.2) is 10.1 Å². The predicted octanol–water partition coefficient (Wildman–Crippen LogP) is 4.28. The molecule has 0 heterocycles. The van der Waals surface area contributed by atoms with Crippen LogP contribution in [0.3, 0.4) is 0 Å². The fourth-order valence-electron chi connectivity index (χ4n) is 0.966. The summed E-state index contributed by atoms with van der Waals surface area (Å²) in [7, 11) is 0. The molecule has 0 aliphatic rings. The molecule has 0 spiro atoms. The summed E-state index contributed by atoms with van der Waals surface area (Å²) < 4.78 is 0.395. The van der Waals surface area contributed by atoms with Gasteiger partial charge in [0.05, 0.1) is 15.1 Å². The maximum atomic E-state index is 10.6. The van der Waals surface area contributed by atoms with Crippen molar-refractivity contribution in [2.75, 3.05) is 0 Å². The van der Waals surface area contributed by atoms with Gasteiger partial charge in [0.15, 0.2) is 0 Å². The minimum atomic E-state index is -0.457. The van der Waals surface area contributed by atoms with Crippen LogP contribution in [0.1, 0.15) is 13.8 Å². The van der Waals surface area contributed by atoms with Crippen molar-refractivity contribution in [2.24, 2.45) is 10.9 Å². The molecule has 0 aliphatic carbocycles. The molecule has 4 nitrogen and oxygen atoms in total. The molecule has 16 heavy (non-hydrogen) atoms. The van der Waals surface area contributed by atoms with Gasteiger partial charge in [0, 0.05) is 12.0 Å². The third-order valence-corrected chi connectivity index (χ3v) is 3.00. The Balaban J connectivity index is 3.07. The van der Waals surface area contributed by atoms with Crippen LogP contribution in [0.15, 0.2) is 27.7 Å². The first-order valence-electron chi connectivity index (χ1n) is 4.60. The Morgan fingerprint density at radius 2 is 2.19 bits per heavy atom. The number of hydrogen-bond acceptors (Lipinski definition) is 3. The minimum Gasteiger partial charge on any atom is -0.258 e. The molecule has 1 rings (SSSR count). The van der Waals surface area contributed by atoms with Crippen LogP contribution in [0.25, 0.3) is 0 Å². The first-order valence-corrected chi connectivity index (χ1v) is 5.77. The highest BCUT2D eigenvalue weighted by molar-refractivity contribution is 9.10. The van der Waals surface area contributed by atoms with Crippen molar-refractivity contribution in [1.29, 1.82) is 0 Å². The molecule has 0 aromatic heterocycles. The predicted molar refractivity (Wildman–Crippen MR) is 68.6 cm³/mol. The van der Waals surface area contributed by atoms with Crippen molar-refractivity contribution in [3.8, 4) is 0 Å². The number of rotatable bonds is 3. The van der Waals surface area contributed by atoms with Gasteiger partial charge in [-0.15, -0.1) is 0 Å². The highest BCUT2D eigenvalue weighted by Crippen LogP contribution is 2.29. The lowest BCUT2D eigenvalue weighted by atomic mass is 10.2. The van der Waals surface area contributed by atoms with Gasteiger partial charge in [0.25, 0.3) is 5.69 Å². The summed E-state index contributed by atoms with van der Waals surface area (Å²) in [6.45, 7) is 3.85. The molecular formula is C10H10BrClN2O2. The van der Waals surface area contributed by atoms with Crippen molar-refractivity contribution in [2.45, 2.75) is 13.8 Å². The smallest absolute Gasteiger partial charge is 0.258 e. The Morgan fingerprint density at radius 3 is 2.62 bits per heavy atom. The molecular weight excluding hydrogens is 295 g/mol. The molecule has 6 heteroatoms. The van der Waals surface area contributed by atoms with Crippen molar-refractivity contribution in [3.63, 3.8) is 0 Å². The summed E-state index contributed by atoms with van der Waals surface area (Å²) in [6.07, 6.45) is 0.